The fraction of sp³-hybridized carbons (Fsp3) is 0.381. The Hall–Kier alpha value is -2.96. The Bertz CT molecular complexity index is 876. The zero-order chi connectivity index (χ0) is 19.7. The van der Waals surface area contributed by atoms with Gasteiger partial charge in [-0.05, 0) is 56.0 Å². The number of ether oxygens (including phenoxy) is 1. The third-order valence-electron chi connectivity index (χ3n) is 5.64. The minimum absolute atomic E-state index is 0.0230. The van der Waals surface area contributed by atoms with E-state index < -0.39 is 5.82 Å². The van der Waals surface area contributed by atoms with E-state index in [0.717, 1.165) is 12.8 Å². The van der Waals surface area contributed by atoms with Crippen molar-refractivity contribution in [3.63, 3.8) is 0 Å². The predicted molar refractivity (Wildman–Crippen MR) is 101 cm³/mol. The summed E-state index contributed by atoms with van der Waals surface area (Å²) in [6.07, 6.45) is 6.39. The normalized spacial score (nSPS) is 23.4. The van der Waals surface area contributed by atoms with Gasteiger partial charge in [0.25, 0.3) is 11.8 Å². The van der Waals surface area contributed by atoms with Gasteiger partial charge in [-0.15, -0.1) is 0 Å². The topological polar surface area (TPSA) is 71.5 Å². The van der Waals surface area contributed by atoms with E-state index in [1.807, 2.05) is 4.90 Å². The molecule has 2 bridgehead atoms. The van der Waals surface area contributed by atoms with Crippen molar-refractivity contribution in [3.8, 4) is 5.75 Å². The van der Waals surface area contributed by atoms with Crippen molar-refractivity contribution in [3.05, 3.63) is 59.7 Å². The maximum Gasteiger partial charge on any atom is 0.254 e. The van der Waals surface area contributed by atoms with Gasteiger partial charge >= 0.3 is 0 Å². The number of hydrogen-bond acceptors (Lipinski definition) is 4. The van der Waals surface area contributed by atoms with E-state index in [1.165, 1.54) is 19.2 Å². The summed E-state index contributed by atoms with van der Waals surface area (Å²) in [7, 11) is 1.39. The van der Waals surface area contributed by atoms with Crippen LogP contribution in [-0.4, -0.2) is 46.9 Å². The van der Waals surface area contributed by atoms with Crippen LogP contribution in [-0.2, 0) is 0 Å². The van der Waals surface area contributed by atoms with Crippen LogP contribution in [0, 0.1) is 5.82 Å². The van der Waals surface area contributed by atoms with Crippen LogP contribution >= 0.6 is 0 Å². The molecular weight excluding hydrogens is 361 g/mol. The predicted octanol–water partition coefficient (Wildman–Crippen LogP) is 2.79. The Kier molecular flexibility index (Phi) is 4.98. The SMILES string of the molecule is COc1ccc(C(=O)N2[C@@H]3CC[C@H]2CC(NC(=O)c2ccncc2)C3)cc1F. The van der Waals surface area contributed by atoms with Gasteiger partial charge < -0.3 is 15.0 Å². The second kappa shape index (κ2) is 7.58. The van der Waals surface area contributed by atoms with Gasteiger partial charge in [0.15, 0.2) is 11.6 Å². The minimum atomic E-state index is -0.541. The van der Waals surface area contributed by atoms with Gasteiger partial charge in [-0.25, -0.2) is 4.39 Å². The van der Waals surface area contributed by atoms with Crippen LogP contribution in [0.15, 0.2) is 42.7 Å². The molecule has 0 aliphatic carbocycles. The van der Waals surface area contributed by atoms with Crippen LogP contribution in [0.2, 0.25) is 0 Å². The molecule has 6 nitrogen and oxygen atoms in total. The second-order valence-electron chi connectivity index (χ2n) is 7.32. The highest BCUT2D eigenvalue weighted by molar-refractivity contribution is 5.95. The largest absolute Gasteiger partial charge is 0.494 e. The molecule has 1 aromatic carbocycles. The first-order valence-corrected chi connectivity index (χ1v) is 9.44. The number of nitrogens with zero attached hydrogens (tertiary/aromatic N) is 2. The van der Waals surface area contributed by atoms with Gasteiger partial charge in [0.05, 0.1) is 7.11 Å². The Morgan fingerprint density at radius 2 is 1.79 bits per heavy atom. The minimum Gasteiger partial charge on any atom is -0.494 e. The first kappa shape index (κ1) is 18.4. The van der Waals surface area contributed by atoms with Crippen molar-refractivity contribution in [2.75, 3.05) is 7.11 Å². The standard InChI is InChI=1S/C21H22FN3O3/c1-28-19-5-2-14(10-18(19)22)21(27)25-16-3-4-17(25)12-15(11-16)24-20(26)13-6-8-23-9-7-13/h2,5-10,15-17H,3-4,11-12H2,1H3,(H,24,26)/t15?,16-,17+. The Morgan fingerprint density at radius 3 is 2.39 bits per heavy atom. The zero-order valence-electron chi connectivity index (χ0n) is 15.6. The average molecular weight is 383 g/mol. The number of piperidine rings is 1. The molecule has 2 amide bonds. The highest BCUT2D eigenvalue weighted by atomic mass is 19.1. The van der Waals surface area contributed by atoms with Crippen molar-refractivity contribution in [2.24, 2.45) is 0 Å². The number of nitrogens with one attached hydrogen (secondary N) is 1. The molecule has 3 atom stereocenters. The summed E-state index contributed by atoms with van der Waals surface area (Å²) < 4.78 is 18.9. The molecule has 1 unspecified atom stereocenters. The molecule has 2 aliphatic rings. The number of fused-ring (bicyclic) bond motifs is 2. The average Bonchev–Trinajstić information content (AvgIpc) is 2.98. The molecule has 7 heteroatoms. The van der Waals surface area contributed by atoms with Gasteiger partial charge in [0, 0.05) is 41.6 Å². The van der Waals surface area contributed by atoms with Gasteiger partial charge in [-0.2, -0.15) is 0 Å². The lowest BCUT2D eigenvalue weighted by molar-refractivity contribution is 0.0549. The smallest absolute Gasteiger partial charge is 0.254 e. The number of halogens is 1. The van der Waals surface area contributed by atoms with E-state index >= 15 is 0 Å². The highest BCUT2D eigenvalue weighted by Gasteiger charge is 2.43. The number of pyridine rings is 1. The molecule has 2 fully saturated rings. The van der Waals surface area contributed by atoms with E-state index in [1.54, 1.807) is 30.6 Å². The van der Waals surface area contributed by atoms with Gasteiger partial charge in [-0.3, -0.25) is 14.6 Å². The number of aromatic nitrogens is 1. The van der Waals surface area contributed by atoms with E-state index in [4.69, 9.17) is 4.74 Å². The fourth-order valence-electron chi connectivity index (χ4n) is 4.35. The number of benzene rings is 1. The Balaban J connectivity index is 1.44. The van der Waals surface area contributed by atoms with Gasteiger partial charge in [0.2, 0.25) is 0 Å². The summed E-state index contributed by atoms with van der Waals surface area (Å²) in [6.45, 7) is 0. The maximum absolute atomic E-state index is 14.0. The van der Waals surface area contributed by atoms with E-state index in [-0.39, 0.29) is 35.7 Å². The molecule has 0 radical (unpaired) electrons. The molecule has 1 aromatic heterocycles. The third-order valence-corrected chi connectivity index (χ3v) is 5.64. The van der Waals surface area contributed by atoms with Gasteiger partial charge in [-0.1, -0.05) is 0 Å². The third kappa shape index (κ3) is 3.44. The monoisotopic (exact) mass is 383 g/mol. The number of carbonyl (C=O) groups is 2. The molecule has 2 aromatic rings. The van der Waals surface area contributed by atoms with Gasteiger partial charge in [0.1, 0.15) is 0 Å². The number of amides is 2. The van der Waals surface area contributed by atoms with E-state index in [2.05, 4.69) is 10.3 Å². The molecule has 2 aliphatic heterocycles. The van der Waals surface area contributed by atoms with E-state index in [0.29, 0.717) is 24.0 Å². The molecule has 3 heterocycles. The van der Waals surface area contributed by atoms with Crippen LogP contribution in [0.1, 0.15) is 46.4 Å². The lowest BCUT2D eigenvalue weighted by Crippen LogP contribution is -2.52. The first-order valence-electron chi connectivity index (χ1n) is 9.44. The lowest BCUT2D eigenvalue weighted by atomic mass is 9.96. The molecule has 2 saturated heterocycles. The van der Waals surface area contributed by atoms with Crippen molar-refractivity contribution in [1.29, 1.82) is 0 Å². The molecule has 0 saturated carbocycles. The van der Waals surface area contributed by atoms with Crippen molar-refractivity contribution in [1.82, 2.24) is 15.2 Å². The summed E-state index contributed by atoms with van der Waals surface area (Å²) in [5.41, 5.74) is 0.907. The van der Waals surface area contributed by atoms with Crippen LogP contribution in [0.25, 0.3) is 0 Å². The van der Waals surface area contributed by atoms with Crippen LogP contribution in [0.3, 0.4) is 0 Å². The molecule has 4 rings (SSSR count). The number of carbonyl (C=O) groups excluding carboxylic acids is 2. The molecular formula is C21H22FN3O3. The van der Waals surface area contributed by atoms with Crippen molar-refractivity contribution in [2.45, 2.75) is 43.8 Å². The quantitative estimate of drug-likeness (QED) is 0.881. The van der Waals surface area contributed by atoms with E-state index in [9.17, 15) is 14.0 Å². The molecule has 146 valence electrons. The first-order chi connectivity index (χ1) is 13.6. The fourth-order valence-corrected chi connectivity index (χ4v) is 4.35. The summed E-state index contributed by atoms with van der Waals surface area (Å²) in [4.78, 5) is 31.2. The maximum atomic E-state index is 14.0. The van der Waals surface area contributed by atoms with Crippen molar-refractivity contribution >= 4 is 11.8 Å². The number of hydrogen-bond donors (Lipinski definition) is 1. The Morgan fingerprint density at radius 1 is 1.11 bits per heavy atom. The summed E-state index contributed by atoms with van der Waals surface area (Å²) in [5.74, 6) is -0.700. The van der Waals surface area contributed by atoms with Crippen LogP contribution in [0.5, 0.6) is 5.75 Å². The van der Waals surface area contributed by atoms with Crippen LogP contribution < -0.4 is 10.1 Å². The highest BCUT2D eigenvalue weighted by Crippen LogP contribution is 2.37. The summed E-state index contributed by atoms with van der Waals surface area (Å²) in [5, 5.41) is 3.08. The second-order valence-corrected chi connectivity index (χ2v) is 7.32. The summed E-state index contributed by atoms with van der Waals surface area (Å²) in [6, 6.07) is 7.81. The van der Waals surface area contributed by atoms with Crippen molar-refractivity contribution < 1.29 is 18.7 Å². The Labute approximate surface area is 162 Å². The zero-order valence-corrected chi connectivity index (χ0v) is 15.6. The summed E-state index contributed by atoms with van der Waals surface area (Å²) >= 11 is 0. The molecule has 1 N–H and O–H groups in total. The van der Waals surface area contributed by atoms with Crippen LogP contribution in [0.4, 0.5) is 4.39 Å². The lowest BCUT2D eigenvalue weighted by Gasteiger charge is -2.39. The number of methoxy groups -OCH3 is 1. The molecule has 28 heavy (non-hydrogen) atoms. The molecule has 0 spiro atoms. The number of rotatable bonds is 4.